The lowest BCUT2D eigenvalue weighted by atomic mass is 9.79. The molecule has 9 heteroatoms. The van der Waals surface area contributed by atoms with Crippen molar-refractivity contribution in [2.24, 2.45) is 0 Å². The molecule has 0 saturated carbocycles. The Morgan fingerprint density at radius 1 is 1.23 bits per heavy atom. The lowest BCUT2D eigenvalue weighted by Crippen LogP contribution is -2.89. The van der Waals surface area contributed by atoms with Crippen LogP contribution in [0.5, 0.6) is 0 Å². The summed E-state index contributed by atoms with van der Waals surface area (Å²) >= 11 is 3.36. The van der Waals surface area contributed by atoms with Crippen molar-refractivity contribution in [3.63, 3.8) is 0 Å². The molecule has 1 fully saturated rings. The maximum atomic E-state index is 13.0. The van der Waals surface area contributed by atoms with Crippen LogP contribution in [0.3, 0.4) is 0 Å². The van der Waals surface area contributed by atoms with Gasteiger partial charge in [-0.3, -0.25) is 4.79 Å². The highest BCUT2D eigenvalue weighted by atomic mass is 79.9. The van der Waals surface area contributed by atoms with Gasteiger partial charge in [-0.05, 0) is 29.8 Å². The third kappa shape index (κ3) is 2.99. The van der Waals surface area contributed by atoms with E-state index in [1.165, 1.54) is 0 Å². The minimum Gasteiger partial charge on any atom is -0.453 e. The van der Waals surface area contributed by atoms with Gasteiger partial charge in [0.2, 0.25) is 5.91 Å². The highest BCUT2D eigenvalue weighted by Gasteiger charge is 2.56. The molecule has 3 N–H and O–H groups in total. The average Bonchev–Trinajstić information content (AvgIpc) is 3.27. The fraction of sp³-hybridized carbons (Fsp3) is 0.333. The summed E-state index contributed by atoms with van der Waals surface area (Å²) in [5, 5.41) is 4.77. The van der Waals surface area contributed by atoms with E-state index in [-0.39, 0.29) is 23.0 Å². The molecular formula is C21H20BrN2O5S+. The zero-order valence-corrected chi connectivity index (χ0v) is 18.3. The van der Waals surface area contributed by atoms with Crippen LogP contribution < -0.4 is 10.6 Å². The average molecular weight is 492 g/mol. The van der Waals surface area contributed by atoms with Crippen LogP contribution in [0.1, 0.15) is 30.1 Å². The van der Waals surface area contributed by atoms with Crippen molar-refractivity contribution < 1.29 is 28.1 Å². The Bertz CT molecular complexity index is 1180. The number of amides is 1. The molecule has 3 aliphatic rings. The monoisotopic (exact) mass is 491 g/mol. The zero-order valence-electron chi connectivity index (χ0n) is 15.9. The van der Waals surface area contributed by atoms with Crippen LogP contribution in [0, 0.1) is 0 Å². The standard InChI is InChI=1S/C21H19BrN2O5S/c22-12-5-6-18-13(9-12)17(7-8-30(18,27)28)29-19(25)16-10-21(11-23-16)14-3-1-2-4-15(14)24-20(21)26/h1-6,9,16-17,23H,7-8,10-11H2,(H,24,26)/p+1/t16-,17+,21-/m1/s1. The lowest BCUT2D eigenvalue weighted by molar-refractivity contribution is -0.661. The molecule has 0 aromatic heterocycles. The number of carbonyl (C=O) groups is 2. The fourth-order valence-corrected chi connectivity index (χ4v) is 6.72. The molecule has 0 bridgehead atoms. The molecule has 0 aliphatic carbocycles. The Balaban J connectivity index is 1.38. The van der Waals surface area contributed by atoms with E-state index >= 15 is 0 Å². The molecule has 2 aromatic rings. The molecule has 3 atom stereocenters. The van der Waals surface area contributed by atoms with Gasteiger partial charge in [-0.1, -0.05) is 34.1 Å². The van der Waals surface area contributed by atoms with Gasteiger partial charge in [0.25, 0.3) is 0 Å². The van der Waals surface area contributed by atoms with E-state index in [0.29, 0.717) is 18.5 Å². The summed E-state index contributed by atoms with van der Waals surface area (Å²) in [6, 6.07) is 12.0. The summed E-state index contributed by atoms with van der Waals surface area (Å²) in [7, 11) is -3.38. The van der Waals surface area contributed by atoms with Gasteiger partial charge in [0.15, 0.2) is 15.9 Å². The predicted octanol–water partition coefficient (Wildman–Crippen LogP) is 1.44. The summed E-state index contributed by atoms with van der Waals surface area (Å²) in [6.45, 7) is 0.469. The third-order valence-corrected chi connectivity index (χ3v) is 8.62. The summed E-state index contributed by atoms with van der Waals surface area (Å²) in [4.78, 5) is 25.9. The zero-order chi connectivity index (χ0) is 21.1. The molecule has 3 heterocycles. The number of rotatable bonds is 2. The van der Waals surface area contributed by atoms with Crippen LogP contribution in [0.15, 0.2) is 51.8 Å². The number of hydrogen-bond donors (Lipinski definition) is 2. The molecule has 5 rings (SSSR count). The molecule has 1 saturated heterocycles. The smallest absolute Gasteiger partial charge is 0.365 e. The largest absolute Gasteiger partial charge is 0.453 e. The number of carbonyl (C=O) groups excluding carboxylic acids is 2. The molecular weight excluding hydrogens is 472 g/mol. The molecule has 0 radical (unpaired) electrons. The van der Waals surface area contributed by atoms with Gasteiger partial charge in [-0.2, -0.15) is 0 Å². The topological polar surface area (TPSA) is 106 Å². The Hall–Kier alpha value is -2.23. The number of halogens is 1. The molecule has 156 valence electrons. The Kier molecular flexibility index (Phi) is 4.53. The highest BCUT2D eigenvalue weighted by Crippen LogP contribution is 2.42. The number of para-hydroxylation sites is 1. The minimum absolute atomic E-state index is 0.0618. The van der Waals surface area contributed by atoms with Crippen LogP contribution in [0.2, 0.25) is 0 Å². The first-order valence-electron chi connectivity index (χ1n) is 9.77. The van der Waals surface area contributed by atoms with E-state index in [1.54, 1.807) is 18.2 Å². The quantitative estimate of drug-likeness (QED) is 0.618. The van der Waals surface area contributed by atoms with Gasteiger partial charge in [0, 0.05) is 28.6 Å². The second-order valence-electron chi connectivity index (χ2n) is 8.05. The summed E-state index contributed by atoms with van der Waals surface area (Å²) in [6.07, 6.45) is -0.0489. The van der Waals surface area contributed by atoms with E-state index < -0.39 is 33.4 Å². The highest BCUT2D eigenvalue weighted by molar-refractivity contribution is 9.10. The summed E-state index contributed by atoms with van der Waals surface area (Å²) in [5.74, 6) is -0.569. The Morgan fingerprint density at radius 3 is 2.87 bits per heavy atom. The molecule has 2 aromatic carbocycles. The van der Waals surface area contributed by atoms with E-state index in [2.05, 4.69) is 21.2 Å². The predicted molar refractivity (Wildman–Crippen MR) is 112 cm³/mol. The Labute approximate surface area is 182 Å². The minimum atomic E-state index is -3.38. The van der Waals surface area contributed by atoms with Crippen LogP contribution in [-0.2, 0) is 29.6 Å². The van der Waals surface area contributed by atoms with Crippen LogP contribution in [0.4, 0.5) is 5.69 Å². The third-order valence-electron chi connectivity index (χ3n) is 6.31. The number of hydrogen-bond acceptors (Lipinski definition) is 5. The van der Waals surface area contributed by atoms with Crippen molar-refractivity contribution in [1.82, 2.24) is 0 Å². The van der Waals surface area contributed by atoms with Crippen molar-refractivity contribution >= 4 is 43.3 Å². The van der Waals surface area contributed by atoms with Gasteiger partial charge in [0.1, 0.15) is 11.5 Å². The summed E-state index contributed by atoms with van der Waals surface area (Å²) in [5.41, 5.74) is 1.47. The van der Waals surface area contributed by atoms with Crippen molar-refractivity contribution in [1.29, 1.82) is 0 Å². The molecule has 30 heavy (non-hydrogen) atoms. The number of quaternary nitrogens is 1. The van der Waals surface area contributed by atoms with Crippen LogP contribution in [-0.4, -0.2) is 38.6 Å². The van der Waals surface area contributed by atoms with Crippen molar-refractivity contribution in [2.45, 2.75) is 35.3 Å². The fourth-order valence-electron chi connectivity index (χ4n) is 4.78. The van der Waals surface area contributed by atoms with Gasteiger partial charge in [0.05, 0.1) is 17.2 Å². The SMILES string of the molecule is O=C(O[C@H]1CCS(=O)(=O)c2ccc(Br)cc21)[C@H]1C[C@]2(C[NH2+]1)C(=O)Nc1ccccc12. The number of sulfone groups is 1. The molecule has 7 nitrogen and oxygen atoms in total. The number of ether oxygens (including phenoxy) is 1. The normalized spacial score (nSPS) is 28.6. The van der Waals surface area contributed by atoms with Crippen molar-refractivity contribution in [3.05, 3.63) is 58.1 Å². The second kappa shape index (κ2) is 6.90. The van der Waals surface area contributed by atoms with Crippen LogP contribution in [0.25, 0.3) is 0 Å². The van der Waals surface area contributed by atoms with Crippen LogP contribution >= 0.6 is 15.9 Å². The van der Waals surface area contributed by atoms with E-state index in [4.69, 9.17) is 4.74 Å². The number of benzene rings is 2. The molecule has 1 amide bonds. The first-order chi connectivity index (χ1) is 14.3. The lowest BCUT2D eigenvalue weighted by Gasteiger charge is -2.26. The maximum Gasteiger partial charge on any atom is 0.365 e. The van der Waals surface area contributed by atoms with Gasteiger partial charge in [-0.25, -0.2) is 13.2 Å². The Morgan fingerprint density at radius 2 is 2.03 bits per heavy atom. The van der Waals surface area contributed by atoms with Gasteiger partial charge < -0.3 is 15.4 Å². The van der Waals surface area contributed by atoms with E-state index in [1.807, 2.05) is 29.6 Å². The number of nitrogens with one attached hydrogen (secondary N) is 1. The molecule has 3 aliphatic heterocycles. The van der Waals surface area contributed by atoms with Gasteiger partial charge >= 0.3 is 5.97 Å². The first-order valence-corrected chi connectivity index (χ1v) is 12.2. The number of nitrogens with two attached hydrogens (primary N) is 1. The van der Waals surface area contributed by atoms with Gasteiger partial charge in [-0.15, -0.1) is 0 Å². The first kappa shape index (κ1) is 19.7. The molecule has 0 unspecified atom stereocenters. The van der Waals surface area contributed by atoms with Crippen molar-refractivity contribution in [3.8, 4) is 0 Å². The van der Waals surface area contributed by atoms with E-state index in [0.717, 1.165) is 15.7 Å². The van der Waals surface area contributed by atoms with E-state index in [9.17, 15) is 18.0 Å². The number of anilines is 1. The second-order valence-corrected chi connectivity index (χ2v) is 11.0. The number of fused-ring (bicyclic) bond motifs is 3. The van der Waals surface area contributed by atoms with Crippen molar-refractivity contribution in [2.75, 3.05) is 17.6 Å². The number of esters is 1. The summed E-state index contributed by atoms with van der Waals surface area (Å²) < 4.78 is 31.3. The molecule has 1 spiro atoms. The maximum absolute atomic E-state index is 13.0.